The summed E-state index contributed by atoms with van der Waals surface area (Å²) in [4.78, 5) is 35.9. The Hall–Kier alpha value is -4.48. The summed E-state index contributed by atoms with van der Waals surface area (Å²) in [6.45, 7) is 3.56. The number of rotatable bonds is 6. The van der Waals surface area contributed by atoms with E-state index < -0.39 is 22.9 Å². The number of thiophene rings is 1. The van der Waals surface area contributed by atoms with Gasteiger partial charge in [-0.3, -0.25) is 14.2 Å². The zero-order valence-corrected chi connectivity index (χ0v) is 22.9. The van der Waals surface area contributed by atoms with Crippen LogP contribution in [0.3, 0.4) is 0 Å². The number of benzene rings is 2. The van der Waals surface area contributed by atoms with E-state index in [9.17, 15) is 18.4 Å². The first-order valence-electron chi connectivity index (χ1n) is 13.2. The van der Waals surface area contributed by atoms with Crippen LogP contribution in [0.15, 0.2) is 70.8 Å². The maximum atomic E-state index is 15.0. The molecule has 0 radical (unpaired) electrons. The van der Waals surface area contributed by atoms with Crippen LogP contribution in [-0.2, 0) is 0 Å². The highest BCUT2D eigenvalue weighted by Crippen LogP contribution is 2.33. The van der Waals surface area contributed by atoms with Gasteiger partial charge in [0.05, 0.1) is 10.6 Å². The van der Waals surface area contributed by atoms with Crippen molar-refractivity contribution in [3.8, 4) is 16.9 Å². The van der Waals surface area contributed by atoms with E-state index in [0.717, 1.165) is 48.2 Å². The number of anilines is 2. The number of para-hydroxylation sites is 1. The predicted octanol–water partition coefficient (Wildman–Crippen LogP) is 5.51. The number of hydrogen-bond acceptors (Lipinski definition) is 7. The van der Waals surface area contributed by atoms with Crippen molar-refractivity contribution >= 4 is 39.9 Å². The third-order valence-electron chi connectivity index (χ3n) is 7.08. The lowest BCUT2D eigenvalue weighted by molar-refractivity contribution is 0.103. The fourth-order valence-electron chi connectivity index (χ4n) is 5.01. The van der Waals surface area contributed by atoms with Crippen LogP contribution in [-0.4, -0.2) is 39.6 Å². The molecule has 208 valence electrons. The molecule has 0 bridgehead atoms. The third-order valence-corrected chi connectivity index (χ3v) is 7.95. The van der Waals surface area contributed by atoms with E-state index in [1.54, 1.807) is 24.3 Å². The molecule has 3 N–H and O–H groups in total. The van der Waals surface area contributed by atoms with E-state index in [1.807, 2.05) is 24.4 Å². The number of carbonyl (C=O) groups excluding carboxylic acids is 1. The zero-order chi connectivity index (χ0) is 28.5. The maximum Gasteiger partial charge on any atom is 0.265 e. The van der Waals surface area contributed by atoms with Gasteiger partial charge in [0.1, 0.15) is 17.3 Å². The second-order valence-electron chi connectivity index (χ2n) is 9.84. The molecule has 0 unspecified atom stereocenters. The van der Waals surface area contributed by atoms with Gasteiger partial charge in [-0.2, -0.15) is 4.98 Å². The molecule has 0 aliphatic carbocycles. The molecule has 6 rings (SSSR count). The molecule has 8 nitrogen and oxygen atoms in total. The molecule has 1 aliphatic heterocycles. The van der Waals surface area contributed by atoms with Crippen molar-refractivity contribution in [3.63, 3.8) is 0 Å². The first-order chi connectivity index (χ1) is 19.9. The minimum absolute atomic E-state index is 0.0651. The van der Waals surface area contributed by atoms with E-state index in [2.05, 4.69) is 20.9 Å². The Labute approximate surface area is 238 Å². The average molecular weight is 573 g/mol. The monoisotopic (exact) mass is 572 g/mol. The molecule has 0 saturated carbocycles. The first kappa shape index (κ1) is 26.7. The fourth-order valence-corrected chi connectivity index (χ4v) is 5.63. The molecular weight excluding hydrogens is 546 g/mol. The minimum Gasteiger partial charge on any atom is -0.351 e. The number of amides is 1. The molecule has 2 aromatic carbocycles. The molecule has 1 amide bonds. The number of carbonyl (C=O) groups is 1. The number of aromatic nitrogens is 3. The number of piperidine rings is 1. The Balaban J connectivity index is 1.55. The number of halogens is 2. The normalized spacial score (nSPS) is 13.8. The van der Waals surface area contributed by atoms with Gasteiger partial charge in [0.15, 0.2) is 5.65 Å². The van der Waals surface area contributed by atoms with Gasteiger partial charge in [-0.15, -0.1) is 11.3 Å². The number of pyridine rings is 1. The largest absolute Gasteiger partial charge is 0.351 e. The van der Waals surface area contributed by atoms with Crippen LogP contribution in [0.4, 0.5) is 20.4 Å². The molecule has 1 saturated heterocycles. The van der Waals surface area contributed by atoms with Crippen molar-refractivity contribution in [1.82, 2.24) is 19.9 Å². The second-order valence-corrected chi connectivity index (χ2v) is 10.8. The Morgan fingerprint density at radius 3 is 2.54 bits per heavy atom. The minimum atomic E-state index is -0.887. The van der Waals surface area contributed by atoms with Crippen molar-refractivity contribution in [2.24, 2.45) is 0 Å². The van der Waals surface area contributed by atoms with Crippen molar-refractivity contribution < 1.29 is 13.6 Å². The van der Waals surface area contributed by atoms with Crippen LogP contribution in [0.2, 0.25) is 0 Å². The molecule has 3 aromatic heterocycles. The van der Waals surface area contributed by atoms with E-state index >= 15 is 0 Å². The second kappa shape index (κ2) is 11.2. The quantitative estimate of drug-likeness (QED) is 0.248. The zero-order valence-electron chi connectivity index (χ0n) is 22.1. The average Bonchev–Trinajstić information content (AvgIpc) is 3.51. The van der Waals surface area contributed by atoms with E-state index in [-0.39, 0.29) is 23.5 Å². The fraction of sp³-hybridized carbons (Fsp3) is 0.200. The van der Waals surface area contributed by atoms with Crippen LogP contribution < -0.4 is 21.5 Å². The van der Waals surface area contributed by atoms with Crippen molar-refractivity contribution in [2.45, 2.75) is 25.8 Å². The maximum absolute atomic E-state index is 15.0. The summed E-state index contributed by atoms with van der Waals surface area (Å²) in [6, 6.07) is 15.3. The highest BCUT2D eigenvalue weighted by atomic mass is 32.1. The van der Waals surface area contributed by atoms with Crippen LogP contribution in [0.1, 0.15) is 28.1 Å². The number of fused-ring (bicyclic) bond motifs is 1. The van der Waals surface area contributed by atoms with Gasteiger partial charge in [-0.05, 0) is 80.2 Å². The molecule has 0 spiro atoms. The van der Waals surface area contributed by atoms with Gasteiger partial charge < -0.3 is 16.0 Å². The molecule has 1 aliphatic rings. The first-order valence-corrected chi connectivity index (χ1v) is 14.1. The summed E-state index contributed by atoms with van der Waals surface area (Å²) < 4.78 is 30.9. The lowest BCUT2D eigenvalue weighted by atomic mass is 10.0. The summed E-state index contributed by atoms with van der Waals surface area (Å²) in [6.07, 6.45) is 1.67. The summed E-state index contributed by atoms with van der Waals surface area (Å²) in [5, 5.41) is 11.9. The smallest absolute Gasteiger partial charge is 0.265 e. The van der Waals surface area contributed by atoms with Crippen LogP contribution >= 0.6 is 11.3 Å². The van der Waals surface area contributed by atoms with Crippen LogP contribution in [0.25, 0.3) is 28.0 Å². The standard InChI is InChI=1S/C30H26F2N6O2S/c1-17-7-8-19(34-29(40)24-6-3-15-41-24)16-21(17)26-20-9-10-25(39)38(27-22(31)4-2-5-23(27)32)28(20)37-30(36-26)35-18-11-13-33-14-12-18/h2-10,15-16,18,33H,11-14H2,1H3,(H,34,40)(H,35,36,37). The molecule has 4 heterocycles. The molecule has 1 fully saturated rings. The number of hydrogen-bond donors (Lipinski definition) is 3. The van der Waals surface area contributed by atoms with Crippen molar-refractivity contribution in [1.29, 1.82) is 0 Å². The number of nitrogens with one attached hydrogen (secondary N) is 3. The Morgan fingerprint density at radius 1 is 1.02 bits per heavy atom. The van der Waals surface area contributed by atoms with Crippen LogP contribution in [0.5, 0.6) is 0 Å². The summed E-state index contributed by atoms with van der Waals surface area (Å²) in [5.41, 5.74) is 1.46. The van der Waals surface area contributed by atoms with E-state index in [1.165, 1.54) is 23.5 Å². The van der Waals surface area contributed by atoms with Gasteiger partial charge in [0.25, 0.3) is 11.5 Å². The van der Waals surface area contributed by atoms with Crippen LogP contribution in [0, 0.1) is 18.6 Å². The lowest BCUT2D eigenvalue weighted by Crippen LogP contribution is -2.35. The van der Waals surface area contributed by atoms with Gasteiger partial charge in [-0.25, -0.2) is 13.8 Å². The Bertz CT molecular complexity index is 1800. The van der Waals surface area contributed by atoms with E-state index in [4.69, 9.17) is 4.98 Å². The van der Waals surface area contributed by atoms with Gasteiger partial charge in [-0.1, -0.05) is 18.2 Å². The highest BCUT2D eigenvalue weighted by Gasteiger charge is 2.22. The summed E-state index contributed by atoms with van der Waals surface area (Å²) >= 11 is 1.34. The van der Waals surface area contributed by atoms with Gasteiger partial charge >= 0.3 is 0 Å². The van der Waals surface area contributed by atoms with Gasteiger partial charge in [0, 0.05) is 28.7 Å². The SMILES string of the molecule is Cc1ccc(NC(=O)c2cccs2)cc1-c1nc(NC2CCNCC2)nc2c1ccc(=O)n2-c1c(F)cccc1F. The van der Waals surface area contributed by atoms with E-state index in [0.29, 0.717) is 27.2 Å². The topological polar surface area (TPSA) is 101 Å². The number of nitrogens with zero attached hydrogens (tertiary/aromatic N) is 3. The molecule has 41 heavy (non-hydrogen) atoms. The predicted molar refractivity (Wildman–Crippen MR) is 157 cm³/mol. The van der Waals surface area contributed by atoms with Gasteiger partial charge in [0.2, 0.25) is 5.95 Å². The molecule has 11 heteroatoms. The summed E-state index contributed by atoms with van der Waals surface area (Å²) in [5.74, 6) is -1.77. The third kappa shape index (κ3) is 5.33. The molecule has 0 atom stereocenters. The van der Waals surface area contributed by atoms with Crippen molar-refractivity contribution in [2.75, 3.05) is 23.7 Å². The Kier molecular flexibility index (Phi) is 7.29. The lowest BCUT2D eigenvalue weighted by Gasteiger charge is -2.24. The van der Waals surface area contributed by atoms with Crippen molar-refractivity contribution in [3.05, 3.63) is 98.5 Å². The number of aryl methyl sites for hydroxylation is 1. The summed E-state index contributed by atoms with van der Waals surface area (Å²) in [7, 11) is 0. The highest BCUT2D eigenvalue weighted by molar-refractivity contribution is 7.12. The molecular formula is C30H26F2N6O2S. The molecule has 5 aromatic rings. The Morgan fingerprint density at radius 2 is 1.80 bits per heavy atom.